The molecule has 0 saturated carbocycles. The van der Waals surface area contributed by atoms with Gasteiger partial charge in [-0.15, -0.1) is 11.8 Å². The van der Waals surface area contributed by atoms with E-state index >= 15 is 0 Å². The largest absolute Gasteiger partial charge is 0.325 e. The Morgan fingerprint density at radius 1 is 0.677 bits per heavy atom. The fourth-order valence-corrected chi connectivity index (χ4v) is 4.01. The number of hydrogen-bond acceptors (Lipinski definition) is 3. The molecule has 154 valence electrons. The molecular weight excluding hydrogens is 404 g/mol. The standard InChI is InChI=1S/C26H22N2O2S/c29-25(27-22-16-15-20-9-7-8-10-21(20)17-22)18-31-19-26(30)28(23-11-3-1-4-12-23)24-13-5-2-6-14-24/h1-17H,18-19H2,(H,27,29). The minimum Gasteiger partial charge on any atom is -0.325 e. The average molecular weight is 427 g/mol. The fourth-order valence-electron chi connectivity index (χ4n) is 3.35. The van der Waals surface area contributed by atoms with Crippen LogP contribution in [0.3, 0.4) is 0 Å². The van der Waals surface area contributed by atoms with Gasteiger partial charge in [-0.1, -0.05) is 66.7 Å². The maximum absolute atomic E-state index is 13.0. The summed E-state index contributed by atoms with van der Waals surface area (Å²) in [7, 11) is 0. The summed E-state index contributed by atoms with van der Waals surface area (Å²) in [5.74, 6) is 0.213. The Morgan fingerprint density at radius 3 is 1.90 bits per heavy atom. The second-order valence-corrected chi connectivity index (χ2v) is 7.99. The Hall–Kier alpha value is -3.57. The molecule has 0 aliphatic heterocycles. The van der Waals surface area contributed by atoms with E-state index in [0.29, 0.717) is 0 Å². The summed E-state index contributed by atoms with van der Waals surface area (Å²) in [6.07, 6.45) is 0. The third-order valence-corrected chi connectivity index (χ3v) is 5.69. The second kappa shape index (κ2) is 9.96. The Kier molecular flexibility index (Phi) is 6.65. The molecule has 0 aromatic heterocycles. The number of rotatable bonds is 7. The van der Waals surface area contributed by atoms with Gasteiger partial charge in [0.1, 0.15) is 0 Å². The SMILES string of the molecule is O=C(CSCC(=O)N(c1ccccc1)c1ccccc1)Nc1ccc2ccccc2c1. The van der Waals surface area contributed by atoms with Crippen molar-refractivity contribution in [2.45, 2.75) is 0 Å². The number of thioether (sulfide) groups is 1. The maximum Gasteiger partial charge on any atom is 0.241 e. The van der Waals surface area contributed by atoms with E-state index in [-0.39, 0.29) is 23.3 Å². The van der Waals surface area contributed by atoms with E-state index in [1.54, 1.807) is 4.90 Å². The number of benzene rings is 4. The second-order valence-electron chi connectivity index (χ2n) is 7.00. The van der Waals surface area contributed by atoms with Crippen molar-refractivity contribution in [1.82, 2.24) is 0 Å². The van der Waals surface area contributed by atoms with Crippen molar-refractivity contribution in [3.63, 3.8) is 0 Å². The zero-order valence-corrected chi connectivity index (χ0v) is 17.7. The lowest BCUT2D eigenvalue weighted by Crippen LogP contribution is -2.28. The van der Waals surface area contributed by atoms with Gasteiger partial charge >= 0.3 is 0 Å². The number of carbonyl (C=O) groups is 2. The lowest BCUT2D eigenvalue weighted by molar-refractivity contribution is -0.115. The number of fused-ring (bicyclic) bond motifs is 1. The van der Waals surface area contributed by atoms with Gasteiger partial charge in [0.25, 0.3) is 0 Å². The molecule has 0 spiro atoms. The highest BCUT2D eigenvalue weighted by Gasteiger charge is 2.18. The van der Waals surface area contributed by atoms with Crippen LogP contribution in [0.4, 0.5) is 17.1 Å². The Bertz CT molecular complexity index is 1140. The molecule has 31 heavy (non-hydrogen) atoms. The molecule has 1 N–H and O–H groups in total. The van der Waals surface area contributed by atoms with E-state index in [4.69, 9.17) is 0 Å². The van der Waals surface area contributed by atoms with Gasteiger partial charge < -0.3 is 5.32 Å². The summed E-state index contributed by atoms with van der Waals surface area (Å²) in [6.45, 7) is 0. The summed E-state index contributed by atoms with van der Waals surface area (Å²) in [4.78, 5) is 27.1. The van der Waals surface area contributed by atoms with Crippen LogP contribution in [0.5, 0.6) is 0 Å². The van der Waals surface area contributed by atoms with Gasteiger partial charge in [0.2, 0.25) is 11.8 Å². The first-order valence-electron chi connectivity index (χ1n) is 10.0. The van der Waals surface area contributed by atoms with E-state index in [9.17, 15) is 9.59 Å². The predicted octanol–water partition coefficient (Wildman–Crippen LogP) is 5.88. The first kappa shape index (κ1) is 20.7. The zero-order valence-electron chi connectivity index (χ0n) is 16.9. The Labute approximate surface area is 185 Å². The lowest BCUT2D eigenvalue weighted by atomic mass is 10.1. The number of nitrogens with one attached hydrogen (secondary N) is 1. The predicted molar refractivity (Wildman–Crippen MR) is 130 cm³/mol. The lowest BCUT2D eigenvalue weighted by Gasteiger charge is -2.23. The van der Waals surface area contributed by atoms with Crippen molar-refractivity contribution in [1.29, 1.82) is 0 Å². The van der Waals surface area contributed by atoms with Crippen LogP contribution in [0.25, 0.3) is 10.8 Å². The molecule has 4 aromatic carbocycles. The van der Waals surface area contributed by atoms with Gasteiger partial charge in [0.15, 0.2) is 0 Å². The van der Waals surface area contributed by atoms with Crippen LogP contribution in [0.1, 0.15) is 0 Å². The summed E-state index contributed by atoms with van der Waals surface area (Å²) in [5, 5.41) is 5.12. The van der Waals surface area contributed by atoms with Crippen LogP contribution < -0.4 is 10.2 Å². The zero-order chi connectivity index (χ0) is 21.5. The van der Waals surface area contributed by atoms with Crippen molar-refractivity contribution < 1.29 is 9.59 Å². The van der Waals surface area contributed by atoms with Crippen LogP contribution in [0, 0.1) is 0 Å². The minimum atomic E-state index is -0.126. The number of anilines is 3. The summed E-state index contributed by atoms with van der Waals surface area (Å²) in [5.41, 5.74) is 2.37. The van der Waals surface area contributed by atoms with Crippen molar-refractivity contribution in [3.05, 3.63) is 103 Å². The molecule has 0 aliphatic rings. The third kappa shape index (κ3) is 5.32. The normalized spacial score (nSPS) is 10.6. The molecule has 4 rings (SSSR count). The quantitative estimate of drug-likeness (QED) is 0.402. The molecule has 4 aromatic rings. The van der Waals surface area contributed by atoms with Gasteiger partial charge in [0, 0.05) is 17.1 Å². The topological polar surface area (TPSA) is 49.4 Å². The number of carbonyl (C=O) groups excluding carboxylic acids is 2. The van der Waals surface area contributed by atoms with E-state index in [2.05, 4.69) is 5.32 Å². The van der Waals surface area contributed by atoms with Crippen LogP contribution in [0.2, 0.25) is 0 Å². The van der Waals surface area contributed by atoms with E-state index in [1.807, 2.05) is 103 Å². The number of para-hydroxylation sites is 2. The van der Waals surface area contributed by atoms with Crippen molar-refractivity contribution in [2.24, 2.45) is 0 Å². The molecule has 2 amide bonds. The van der Waals surface area contributed by atoms with Crippen LogP contribution >= 0.6 is 11.8 Å². The molecule has 0 saturated heterocycles. The first-order valence-corrected chi connectivity index (χ1v) is 11.2. The van der Waals surface area contributed by atoms with Crippen molar-refractivity contribution in [2.75, 3.05) is 21.7 Å². The molecule has 0 fully saturated rings. The fraction of sp³-hybridized carbons (Fsp3) is 0.0769. The summed E-state index contributed by atoms with van der Waals surface area (Å²) >= 11 is 1.31. The third-order valence-electron chi connectivity index (χ3n) is 4.77. The van der Waals surface area contributed by atoms with Crippen LogP contribution in [-0.4, -0.2) is 23.3 Å². The Balaban J connectivity index is 1.37. The van der Waals surface area contributed by atoms with Crippen LogP contribution in [0.15, 0.2) is 103 Å². The maximum atomic E-state index is 13.0. The van der Waals surface area contributed by atoms with Gasteiger partial charge in [-0.05, 0) is 47.2 Å². The number of hydrogen-bond donors (Lipinski definition) is 1. The highest BCUT2D eigenvalue weighted by molar-refractivity contribution is 8.00. The average Bonchev–Trinajstić information content (AvgIpc) is 2.80. The molecule has 0 aliphatic carbocycles. The highest BCUT2D eigenvalue weighted by atomic mass is 32.2. The highest BCUT2D eigenvalue weighted by Crippen LogP contribution is 2.26. The molecular formula is C26H22N2O2S. The molecule has 0 radical (unpaired) electrons. The van der Waals surface area contributed by atoms with Gasteiger partial charge in [-0.25, -0.2) is 0 Å². The molecule has 0 atom stereocenters. The molecule has 0 bridgehead atoms. The molecule has 5 heteroatoms. The Morgan fingerprint density at radius 2 is 1.26 bits per heavy atom. The number of amides is 2. The van der Waals surface area contributed by atoms with E-state index in [1.165, 1.54) is 11.8 Å². The van der Waals surface area contributed by atoms with E-state index < -0.39 is 0 Å². The van der Waals surface area contributed by atoms with E-state index in [0.717, 1.165) is 27.8 Å². The van der Waals surface area contributed by atoms with Crippen molar-refractivity contribution in [3.8, 4) is 0 Å². The monoisotopic (exact) mass is 426 g/mol. The smallest absolute Gasteiger partial charge is 0.241 e. The molecule has 0 heterocycles. The van der Waals surface area contributed by atoms with Crippen molar-refractivity contribution >= 4 is 51.4 Å². The molecule has 4 nitrogen and oxygen atoms in total. The molecule has 0 unspecified atom stereocenters. The minimum absolute atomic E-state index is 0.0686. The first-order chi connectivity index (χ1) is 15.2. The van der Waals surface area contributed by atoms with Gasteiger partial charge in [-0.2, -0.15) is 0 Å². The summed E-state index contributed by atoms with van der Waals surface area (Å²) < 4.78 is 0. The van der Waals surface area contributed by atoms with Gasteiger partial charge in [0.05, 0.1) is 11.5 Å². The van der Waals surface area contributed by atoms with Crippen LogP contribution in [-0.2, 0) is 9.59 Å². The number of nitrogens with zero attached hydrogens (tertiary/aromatic N) is 1. The van der Waals surface area contributed by atoms with Gasteiger partial charge in [-0.3, -0.25) is 14.5 Å². The summed E-state index contributed by atoms with van der Waals surface area (Å²) in [6, 6.07) is 32.9.